The van der Waals surface area contributed by atoms with E-state index in [1.54, 1.807) is 13.3 Å². The van der Waals surface area contributed by atoms with Crippen LogP contribution in [-0.4, -0.2) is 42.9 Å². The van der Waals surface area contributed by atoms with Gasteiger partial charge < -0.3 is 25.2 Å². The molecule has 0 aliphatic carbocycles. The molecule has 0 amide bonds. The first-order valence-corrected chi connectivity index (χ1v) is 8.55. The maximum atomic E-state index is 9.88. The second-order valence-electron chi connectivity index (χ2n) is 6.20. The van der Waals surface area contributed by atoms with Gasteiger partial charge in [0, 0.05) is 43.9 Å². The number of benzene rings is 1. The van der Waals surface area contributed by atoms with Crippen molar-refractivity contribution < 1.29 is 14.6 Å². The summed E-state index contributed by atoms with van der Waals surface area (Å²) in [4.78, 5) is 4.28. The first-order chi connectivity index (χ1) is 12.3. The minimum Gasteiger partial charge on any atom is -0.497 e. The van der Waals surface area contributed by atoms with Crippen molar-refractivity contribution in [2.45, 2.75) is 19.3 Å². The average molecular weight is 343 g/mol. The molecule has 2 atom stereocenters. The van der Waals surface area contributed by atoms with E-state index in [2.05, 4.69) is 15.6 Å². The molecule has 25 heavy (non-hydrogen) atoms. The van der Waals surface area contributed by atoms with Gasteiger partial charge in [-0.3, -0.25) is 4.98 Å². The van der Waals surface area contributed by atoms with E-state index in [1.165, 1.54) is 0 Å². The molecule has 3 N–H and O–H groups in total. The standard InChI is InChI=1S/C19H25N3O3/c1-24-17-5-6-19(25-13-16-4-2-3-7-22-16)14(8-17)9-20-10-15-11-21-12-18(15)23/h2-8,15,18,20-21,23H,9-13H2,1H3. The van der Waals surface area contributed by atoms with Crippen LogP contribution in [0.4, 0.5) is 0 Å². The van der Waals surface area contributed by atoms with Crippen molar-refractivity contribution in [1.29, 1.82) is 0 Å². The Balaban J connectivity index is 1.61. The Morgan fingerprint density at radius 2 is 2.20 bits per heavy atom. The molecule has 0 saturated carbocycles. The molecular formula is C19H25N3O3. The third-order valence-electron chi connectivity index (χ3n) is 4.40. The highest BCUT2D eigenvalue weighted by Crippen LogP contribution is 2.25. The molecule has 134 valence electrons. The summed E-state index contributed by atoms with van der Waals surface area (Å²) in [6.07, 6.45) is 1.48. The molecule has 0 spiro atoms. The maximum absolute atomic E-state index is 9.88. The number of pyridine rings is 1. The molecule has 6 nitrogen and oxygen atoms in total. The minimum absolute atomic E-state index is 0.239. The van der Waals surface area contributed by atoms with Crippen LogP contribution in [0.1, 0.15) is 11.3 Å². The van der Waals surface area contributed by atoms with Crippen molar-refractivity contribution in [3.8, 4) is 11.5 Å². The number of rotatable bonds is 8. The van der Waals surface area contributed by atoms with Crippen LogP contribution in [-0.2, 0) is 13.2 Å². The monoisotopic (exact) mass is 343 g/mol. The van der Waals surface area contributed by atoms with Gasteiger partial charge in [-0.2, -0.15) is 0 Å². The van der Waals surface area contributed by atoms with Crippen molar-refractivity contribution in [2.75, 3.05) is 26.7 Å². The molecule has 1 aromatic carbocycles. The molecule has 0 radical (unpaired) electrons. The second-order valence-corrected chi connectivity index (χ2v) is 6.20. The SMILES string of the molecule is COc1ccc(OCc2ccccn2)c(CNCC2CNCC2O)c1. The van der Waals surface area contributed by atoms with Gasteiger partial charge in [-0.15, -0.1) is 0 Å². The van der Waals surface area contributed by atoms with Crippen LogP contribution in [0.25, 0.3) is 0 Å². The van der Waals surface area contributed by atoms with E-state index in [4.69, 9.17) is 9.47 Å². The molecule has 1 fully saturated rings. The summed E-state index contributed by atoms with van der Waals surface area (Å²) < 4.78 is 11.3. The van der Waals surface area contributed by atoms with E-state index in [0.29, 0.717) is 19.7 Å². The lowest BCUT2D eigenvalue weighted by atomic mass is 10.1. The van der Waals surface area contributed by atoms with Gasteiger partial charge in [0.2, 0.25) is 0 Å². The summed E-state index contributed by atoms with van der Waals surface area (Å²) in [6, 6.07) is 11.6. The zero-order valence-corrected chi connectivity index (χ0v) is 14.4. The van der Waals surface area contributed by atoms with Gasteiger partial charge in [0.15, 0.2) is 0 Å². The normalized spacial score (nSPS) is 19.8. The zero-order valence-electron chi connectivity index (χ0n) is 14.4. The summed E-state index contributed by atoms with van der Waals surface area (Å²) in [6.45, 7) is 3.34. The highest BCUT2D eigenvalue weighted by atomic mass is 16.5. The Morgan fingerprint density at radius 3 is 2.92 bits per heavy atom. The van der Waals surface area contributed by atoms with Crippen LogP contribution in [0.2, 0.25) is 0 Å². The van der Waals surface area contributed by atoms with Crippen LogP contribution in [0.3, 0.4) is 0 Å². The molecule has 6 heteroatoms. The Kier molecular flexibility index (Phi) is 6.22. The quantitative estimate of drug-likeness (QED) is 0.672. The molecule has 1 aromatic heterocycles. The fraction of sp³-hybridized carbons (Fsp3) is 0.421. The number of nitrogens with zero attached hydrogens (tertiary/aromatic N) is 1. The molecule has 0 bridgehead atoms. The smallest absolute Gasteiger partial charge is 0.130 e. The van der Waals surface area contributed by atoms with Crippen LogP contribution in [0.15, 0.2) is 42.6 Å². The van der Waals surface area contributed by atoms with Crippen molar-refractivity contribution in [2.24, 2.45) is 5.92 Å². The van der Waals surface area contributed by atoms with Gasteiger partial charge >= 0.3 is 0 Å². The lowest BCUT2D eigenvalue weighted by Gasteiger charge is -2.16. The molecule has 2 aromatic rings. The van der Waals surface area contributed by atoms with E-state index in [0.717, 1.165) is 35.8 Å². The Bertz CT molecular complexity index is 666. The number of nitrogens with one attached hydrogen (secondary N) is 2. The first kappa shape index (κ1) is 17.7. The predicted molar refractivity (Wildman–Crippen MR) is 95.6 cm³/mol. The average Bonchev–Trinajstić information content (AvgIpc) is 3.06. The van der Waals surface area contributed by atoms with Gasteiger partial charge in [-0.05, 0) is 30.3 Å². The third-order valence-corrected chi connectivity index (χ3v) is 4.40. The van der Waals surface area contributed by atoms with Crippen LogP contribution >= 0.6 is 0 Å². The third kappa shape index (κ3) is 4.92. The molecule has 3 rings (SSSR count). The Morgan fingerprint density at radius 1 is 1.28 bits per heavy atom. The predicted octanol–water partition coefficient (Wildman–Crippen LogP) is 1.34. The first-order valence-electron chi connectivity index (χ1n) is 8.55. The highest BCUT2D eigenvalue weighted by molar-refractivity contribution is 5.40. The molecule has 2 heterocycles. The van der Waals surface area contributed by atoms with Gasteiger partial charge in [0.05, 0.1) is 18.9 Å². The molecular weight excluding hydrogens is 318 g/mol. The van der Waals surface area contributed by atoms with E-state index in [-0.39, 0.29) is 12.0 Å². The van der Waals surface area contributed by atoms with Crippen LogP contribution in [0.5, 0.6) is 11.5 Å². The maximum Gasteiger partial charge on any atom is 0.130 e. The van der Waals surface area contributed by atoms with Gasteiger partial charge in [-0.1, -0.05) is 6.07 Å². The molecule has 2 unspecified atom stereocenters. The van der Waals surface area contributed by atoms with Crippen molar-refractivity contribution in [1.82, 2.24) is 15.6 Å². The highest BCUT2D eigenvalue weighted by Gasteiger charge is 2.24. The molecule has 1 aliphatic rings. The van der Waals surface area contributed by atoms with Crippen LogP contribution < -0.4 is 20.1 Å². The number of ether oxygens (including phenoxy) is 2. The number of aliphatic hydroxyl groups is 1. The molecule has 1 saturated heterocycles. The van der Waals surface area contributed by atoms with E-state index < -0.39 is 0 Å². The summed E-state index contributed by atoms with van der Waals surface area (Å²) in [5, 5.41) is 16.5. The number of hydrogen-bond acceptors (Lipinski definition) is 6. The van der Waals surface area contributed by atoms with Gasteiger partial charge in [-0.25, -0.2) is 0 Å². The Hall–Kier alpha value is -2.15. The zero-order chi connectivity index (χ0) is 17.5. The van der Waals surface area contributed by atoms with Gasteiger partial charge in [0.25, 0.3) is 0 Å². The number of aliphatic hydroxyl groups excluding tert-OH is 1. The minimum atomic E-state index is -0.280. The summed E-state index contributed by atoms with van der Waals surface area (Å²) >= 11 is 0. The number of aromatic nitrogens is 1. The van der Waals surface area contributed by atoms with Crippen molar-refractivity contribution in [3.05, 3.63) is 53.9 Å². The molecule has 1 aliphatic heterocycles. The fourth-order valence-corrected chi connectivity index (χ4v) is 2.92. The fourth-order valence-electron chi connectivity index (χ4n) is 2.92. The summed E-state index contributed by atoms with van der Waals surface area (Å²) in [5.74, 6) is 1.84. The van der Waals surface area contributed by atoms with E-state index in [1.807, 2.05) is 36.4 Å². The van der Waals surface area contributed by atoms with E-state index in [9.17, 15) is 5.11 Å². The van der Waals surface area contributed by atoms with Crippen molar-refractivity contribution >= 4 is 0 Å². The topological polar surface area (TPSA) is 75.6 Å². The second kappa shape index (κ2) is 8.80. The van der Waals surface area contributed by atoms with E-state index >= 15 is 0 Å². The number of methoxy groups -OCH3 is 1. The lowest BCUT2D eigenvalue weighted by molar-refractivity contribution is 0.146. The Labute approximate surface area is 148 Å². The lowest BCUT2D eigenvalue weighted by Crippen LogP contribution is -2.30. The number of β-amino-alcohol motifs (C(OH)–C–C–N with tert-alkyl or cyclic N) is 1. The van der Waals surface area contributed by atoms with Crippen molar-refractivity contribution in [3.63, 3.8) is 0 Å². The largest absolute Gasteiger partial charge is 0.497 e. The van der Waals surface area contributed by atoms with Crippen LogP contribution in [0, 0.1) is 5.92 Å². The summed E-state index contributed by atoms with van der Waals surface area (Å²) in [7, 11) is 1.65. The number of hydrogen-bond donors (Lipinski definition) is 3. The summed E-state index contributed by atoms with van der Waals surface area (Å²) in [5.41, 5.74) is 1.91. The van der Waals surface area contributed by atoms with Gasteiger partial charge in [0.1, 0.15) is 18.1 Å².